The largest absolute Gasteiger partial charge is 0.489 e. The minimum atomic E-state index is -3.45. The van der Waals surface area contributed by atoms with E-state index in [2.05, 4.69) is 0 Å². The van der Waals surface area contributed by atoms with Crippen molar-refractivity contribution in [1.82, 2.24) is 4.31 Å². The average Bonchev–Trinajstić information content (AvgIpc) is 2.62. The summed E-state index contributed by atoms with van der Waals surface area (Å²) in [4.78, 5) is 0.284. The molecule has 0 saturated carbocycles. The molecule has 0 N–H and O–H groups in total. The standard InChI is InChI=1S/C18H21NO4S/c1-15-2-4-16(5-3-15)14-23-17-6-8-18(9-7-17)24(20,21)19-10-12-22-13-11-19/h2-9H,10-14H2,1H3. The van der Waals surface area contributed by atoms with E-state index < -0.39 is 10.0 Å². The van der Waals surface area contributed by atoms with Gasteiger partial charge < -0.3 is 9.47 Å². The summed E-state index contributed by atoms with van der Waals surface area (Å²) in [5.41, 5.74) is 2.28. The highest BCUT2D eigenvalue weighted by Crippen LogP contribution is 2.21. The molecule has 0 radical (unpaired) electrons. The molecule has 1 fully saturated rings. The minimum Gasteiger partial charge on any atom is -0.489 e. The van der Waals surface area contributed by atoms with Crippen LogP contribution in [0.2, 0.25) is 0 Å². The molecule has 0 amide bonds. The molecule has 0 unspecified atom stereocenters. The molecule has 0 aromatic heterocycles. The zero-order chi connectivity index (χ0) is 17.0. The zero-order valence-electron chi connectivity index (χ0n) is 13.6. The lowest BCUT2D eigenvalue weighted by molar-refractivity contribution is 0.0730. The third-order valence-electron chi connectivity index (χ3n) is 3.96. The molecule has 0 bridgehead atoms. The van der Waals surface area contributed by atoms with Gasteiger partial charge in [-0.2, -0.15) is 4.31 Å². The Morgan fingerprint density at radius 2 is 1.62 bits per heavy atom. The zero-order valence-corrected chi connectivity index (χ0v) is 14.5. The highest BCUT2D eigenvalue weighted by Gasteiger charge is 2.26. The number of morpholine rings is 1. The van der Waals surface area contributed by atoms with Crippen molar-refractivity contribution in [1.29, 1.82) is 0 Å². The Labute approximate surface area is 142 Å². The smallest absolute Gasteiger partial charge is 0.243 e. The number of hydrogen-bond acceptors (Lipinski definition) is 4. The Balaban J connectivity index is 1.65. The van der Waals surface area contributed by atoms with Crippen LogP contribution in [0.1, 0.15) is 11.1 Å². The van der Waals surface area contributed by atoms with Gasteiger partial charge in [0.1, 0.15) is 12.4 Å². The molecule has 128 valence electrons. The van der Waals surface area contributed by atoms with Gasteiger partial charge in [0, 0.05) is 13.1 Å². The van der Waals surface area contributed by atoms with Crippen LogP contribution in [0.4, 0.5) is 0 Å². The van der Waals surface area contributed by atoms with Crippen molar-refractivity contribution >= 4 is 10.0 Å². The molecular weight excluding hydrogens is 326 g/mol. The first-order chi connectivity index (χ1) is 11.6. The van der Waals surface area contributed by atoms with E-state index in [-0.39, 0.29) is 4.90 Å². The van der Waals surface area contributed by atoms with E-state index in [4.69, 9.17) is 9.47 Å². The first-order valence-corrected chi connectivity index (χ1v) is 9.36. The fourth-order valence-corrected chi connectivity index (χ4v) is 3.90. The first kappa shape index (κ1) is 17.0. The summed E-state index contributed by atoms with van der Waals surface area (Å²) in [6.07, 6.45) is 0. The van der Waals surface area contributed by atoms with Crippen LogP contribution in [0.25, 0.3) is 0 Å². The van der Waals surface area contributed by atoms with E-state index in [0.717, 1.165) is 5.56 Å². The van der Waals surface area contributed by atoms with E-state index in [1.807, 2.05) is 31.2 Å². The molecule has 1 aliphatic heterocycles. The molecule has 2 aromatic rings. The van der Waals surface area contributed by atoms with E-state index in [1.165, 1.54) is 9.87 Å². The summed E-state index contributed by atoms with van der Waals surface area (Å²) in [5.74, 6) is 0.650. The van der Waals surface area contributed by atoms with Gasteiger partial charge in [-0.15, -0.1) is 0 Å². The van der Waals surface area contributed by atoms with Crippen LogP contribution in [0.3, 0.4) is 0 Å². The molecule has 1 aliphatic rings. The number of nitrogens with zero attached hydrogens (tertiary/aromatic N) is 1. The maximum atomic E-state index is 12.5. The molecule has 3 rings (SSSR count). The summed E-state index contributed by atoms with van der Waals surface area (Å²) < 4.78 is 37.5. The Morgan fingerprint density at radius 3 is 2.25 bits per heavy atom. The van der Waals surface area contributed by atoms with Crippen LogP contribution in [-0.4, -0.2) is 39.0 Å². The SMILES string of the molecule is Cc1ccc(COc2ccc(S(=O)(=O)N3CCOCC3)cc2)cc1. The van der Waals surface area contributed by atoms with E-state index in [0.29, 0.717) is 38.7 Å². The second-order valence-electron chi connectivity index (χ2n) is 5.76. The Hall–Kier alpha value is -1.89. The third-order valence-corrected chi connectivity index (χ3v) is 5.87. The lowest BCUT2D eigenvalue weighted by atomic mass is 10.2. The topological polar surface area (TPSA) is 55.8 Å². The van der Waals surface area contributed by atoms with Crippen LogP contribution in [0.5, 0.6) is 5.75 Å². The second-order valence-corrected chi connectivity index (χ2v) is 7.70. The summed E-state index contributed by atoms with van der Waals surface area (Å²) in [5, 5.41) is 0. The molecule has 1 saturated heterocycles. The van der Waals surface area contributed by atoms with Crippen LogP contribution in [0, 0.1) is 6.92 Å². The maximum absolute atomic E-state index is 12.5. The Kier molecular flexibility index (Phi) is 5.18. The highest BCUT2D eigenvalue weighted by atomic mass is 32.2. The molecule has 0 aliphatic carbocycles. The van der Waals surface area contributed by atoms with Gasteiger partial charge in [0.15, 0.2) is 0 Å². The van der Waals surface area contributed by atoms with Crippen LogP contribution in [-0.2, 0) is 21.4 Å². The quantitative estimate of drug-likeness (QED) is 0.834. The molecule has 0 spiro atoms. The van der Waals surface area contributed by atoms with Crippen LogP contribution in [0.15, 0.2) is 53.4 Å². The summed E-state index contributed by atoms with van der Waals surface area (Å²) in [6, 6.07) is 14.7. The Morgan fingerprint density at radius 1 is 1.00 bits per heavy atom. The monoisotopic (exact) mass is 347 g/mol. The van der Waals surface area contributed by atoms with Crippen LogP contribution < -0.4 is 4.74 Å². The van der Waals surface area contributed by atoms with Crippen molar-refractivity contribution in [2.24, 2.45) is 0 Å². The predicted octanol–water partition coefficient (Wildman–Crippen LogP) is 2.59. The van der Waals surface area contributed by atoms with Crippen molar-refractivity contribution in [3.8, 4) is 5.75 Å². The lowest BCUT2D eigenvalue weighted by Gasteiger charge is -2.26. The molecule has 5 nitrogen and oxygen atoms in total. The molecule has 24 heavy (non-hydrogen) atoms. The van der Waals surface area contributed by atoms with Gasteiger partial charge in [-0.3, -0.25) is 0 Å². The minimum absolute atomic E-state index is 0.284. The lowest BCUT2D eigenvalue weighted by Crippen LogP contribution is -2.40. The fourth-order valence-electron chi connectivity index (χ4n) is 2.49. The molecule has 1 heterocycles. The van der Waals surface area contributed by atoms with Gasteiger partial charge in [0.25, 0.3) is 0 Å². The van der Waals surface area contributed by atoms with E-state index in [9.17, 15) is 8.42 Å². The Bertz CT molecular complexity index is 764. The van der Waals surface area contributed by atoms with Crippen molar-refractivity contribution < 1.29 is 17.9 Å². The normalized spacial score (nSPS) is 16.0. The van der Waals surface area contributed by atoms with Gasteiger partial charge in [-0.25, -0.2) is 8.42 Å². The molecule has 2 aromatic carbocycles. The van der Waals surface area contributed by atoms with Gasteiger partial charge in [-0.05, 0) is 36.8 Å². The van der Waals surface area contributed by atoms with Crippen molar-refractivity contribution in [2.75, 3.05) is 26.3 Å². The fraction of sp³-hybridized carbons (Fsp3) is 0.333. The maximum Gasteiger partial charge on any atom is 0.243 e. The predicted molar refractivity (Wildman–Crippen MR) is 91.5 cm³/mol. The van der Waals surface area contributed by atoms with E-state index >= 15 is 0 Å². The molecule has 0 atom stereocenters. The van der Waals surface area contributed by atoms with E-state index in [1.54, 1.807) is 24.3 Å². The van der Waals surface area contributed by atoms with Crippen LogP contribution >= 0.6 is 0 Å². The van der Waals surface area contributed by atoms with Gasteiger partial charge in [-0.1, -0.05) is 29.8 Å². The summed E-state index contributed by atoms with van der Waals surface area (Å²) >= 11 is 0. The van der Waals surface area contributed by atoms with Crippen molar-refractivity contribution in [2.45, 2.75) is 18.4 Å². The van der Waals surface area contributed by atoms with Gasteiger partial charge in [0.2, 0.25) is 10.0 Å². The van der Waals surface area contributed by atoms with Gasteiger partial charge >= 0.3 is 0 Å². The first-order valence-electron chi connectivity index (χ1n) is 7.92. The summed E-state index contributed by atoms with van der Waals surface area (Å²) in [6.45, 7) is 4.17. The summed E-state index contributed by atoms with van der Waals surface area (Å²) in [7, 11) is -3.45. The average molecular weight is 347 g/mol. The number of aryl methyl sites for hydroxylation is 1. The number of benzene rings is 2. The number of rotatable bonds is 5. The number of sulfonamides is 1. The number of ether oxygens (including phenoxy) is 2. The van der Waals surface area contributed by atoms with Gasteiger partial charge in [0.05, 0.1) is 18.1 Å². The molecular formula is C18H21NO4S. The van der Waals surface area contributed by atoms with Crippen molar-refractivity contribution in [3.63, 3.8) is 0 Å². The molecule has 6 heteroatoms. The second kappa shape index (κ2) is 7.34. The third kappa shape index (κ3) is 3.95. The highest BCUT2D eigenvalue weighted by molar-refractivity contribution is 7.89. The van der Waals surface area contributed by atoms with Crippen molar-refractivity contribution in [3.05, 3.63) is 59.7 Å². The number of hydrogen-bond donors (Lipinski definition) is 0.